The van der Waals surface area contributed by atoms with Gasteiger partial charge in [-0.2, -0.15) is 5.10 Å². The van der Waals surface area contributed by atoms with E-state index in [-0.39, 0.29) is 0 Å². The molecule has 0 fully saturated rings. The van der Waals surface area contributed by atoms with Crippen molar-refractivity contribution in [3.63, 3.8) is 0 Å². The number of halogens is 1. The van der Waals surface area contributed by atoms with Crippen LogP contribution >= 0.6 is 27.3 Å². The minimum Gasteiger partial charge on any atom is -0.305 e. The Labute approximate surface area is 113 Å². The van der Waals surface area contributed by atoms with Crippen LogP contribution in [0.1, 0.15) is 24.8 Å². The predicted octanol–water partition coefficient (Wildman–Crippen LogP) is 2.84. The number of hydrogen-bond donors (Lipinski definition) is 1. The molecular weight excluding hydrogens is 300 g/mol. The summed E-state index contributed by atoms with van der Waals surface area (Å²) in [7, 11) is 0. The van der Waals surface area contributed by atoms with Crippen molar-refractivity contribution in [2.45, 2.75) is 32.5 Å². The predicted molar refractivity (Wildman–Crippen MR) is 73.1 cm³/mol. The van der Waals surface area contributed by atoms with Gasteiger partial charge in [-0.3, -0.25) is 4.68 Å². The van der Waals surface area contributed by atoms with E-state index in [0.717, 1.165) is 6.54 Å². The second-order valence-electron chi connectivity index (χ2n) is 4.05. The van der Waals surface area contributed by atoms with Crippen molar-refractivity contribution < 1.29 is 0 Å². The Hall–Kier alpha value is -0.720. The number of nitrogens with zero attached hydrogens (tertiary/aromatic N) is 3. The van der Waals surface area contributed by atoms with Crippen LogP contribution in [-0.2, 0) is 6.54 Å². The second-order valence-corrected chi connectivity index (χ2v) is 6.54. The summed E-state index contributed by atoms with van der Waals surface area (Å²) in [5, 5.41) is 7.65. The molecule has 0 unspecified atom stereocenters. The molecule has 0 saturated heterocycles. The lowest BCUT2D eigenvalue weighted by molar-refractivity contribution is 0.415. The molecule has 2 aromatic rings. The molecule has 17 heavy (non-hydrogen) atoms. The molecule has 92 valence electrons. The molecule has 2 heterocycles. The van der Waals surface area contributed by atoms with Gasteiger partial charge in [-0.05, 0) is 41.9 Å². The zero-order chi connectivity index (χ0) is 12.3. The minimum absolute atomic E-state index is 0.352. The summed E-state index contributed by atoms with van der Waals surface area (Å²) in [5.74, 6) is 0. The van der Waals surface area contributed by atoms with Crippen LogP contribution in [0.4, 0.5) is 0 Å². The first-order valence-electron chi connectivity index (χ1n) is 5.49. The largest absolute Gasteiger partial charge is 0.305 e. The van der Waals surface area contributed by atoms with Crippen LogP contribution in [0.2, 0.25) is 0 Å². The maximum Gasteiger partial charge on any atom is 0.137 e. The molecular formula is C11H15BrN4S. The van der Waals surface area contributed by atoms with Crippen LogP contribution in [0.25, 0.3) is 0 Å². The Bertz CT molecular complexity index is 454. The van der Waals surface area contributed by atoms with Gasteiger partial charge in [-0.15, -0.1) is 11.3 Å². The average Bonchev–Trinajstić information content (AvgIpc) is 2.89. The summed E-state index contributed by atoms with van der Waals surface area (Å²) in [6.45, 7) is 5.16. The van der Waals surface area contributed by atoms with Gasteiger partial charge in [0.15, 0.2) is 0 Å². The normalized spacial score (nSPS) is 14.8. The summed E-state index contributed by atoms with van der Waals surface area (Å²) >= 11 is 5.25. The van der Waals surface area contributed by atoms with E-state index in [2.05, 4.69) is 57.3 Å². The third-order valence-electron chi connectivity index (χ3n) is 2.48. The zero-order valence-corrected chi connectivity index (χ0v) is 12.2. The van der Waals surface area contributed by atoms with E-state index in [1.165, 1.54) is 8.66 Å². The summed E-state index contributed by atoms with van der Waals surface area (Å²) in [6, 6.07) is 4.94. The lowest BCUT2D eigenvalue weighted by Gasteiger charge is -2.18. The third-order valence-corrected chi connectivity index (χ3v) is 4.29. The van der Waals surface area contributed by atoms with Crippen molar-refractivity contribution in [1.29, 1.82) is 0 Å². The maximum atomic E-state index is 4.10. The highest BCUT2D eigenvalue weighted by Gasteiger charge is 2.11. The Balaban J connectivity index is 1.88. The van der Waals surface area contributed by atoms with E-state index in [1.54, 1.807) is 24.0 Å². The molecule has 4 nitrogen and oxygen atoms in total. The molecule has 0 bridgehead atoms. The fraction of sp³-hybridized carbons (Fsp3) is 0.455. The van der Waals surface area contributed by atoms with E-state index in [9.17, 15) is 0 Å². The molecule has 0 amide bonds. The van der Waals surface area contributed by atoms with Crippen molar-refractivity contribution in [2.75, 3.05) is 0 Å². The van der Waals surface area contributed by atoms with Crippen LogP contribution in [0.15, 0.2) is 28.6 Å². The summed E-state index contributed by atoms with van der Waals surface area (Å²) in [4.78, 5) is 5.27. The minimum atomic E-state index is 0.352. The fourth-order valence-corrected chi connectivity index (χ4v) is 3.17. The number of nitrogens with one attached hydrogen (secondary N) is 1. The molecule has 0 aliphatic heterocycles. The van der Waals surface area contributed by atoms with Gasteiger partial charge in [0.05, 0.1) is 10.3 Å². The molecule has 6 heteroatoms. The number of aromatic nitrogens is 3. The van der Waals surface area contributed by atoms with Gasteiger partial charge in [-0.1, -0.05) is 0 Å². The number of thiophene rings is 1. The van der Waals surface area contributed by atoms with E-state index in [0.29, 0.717) is 12.1 Å². The lowest BCUT2D eigenvalue weighted by atomic mass is 10.2. The van der Waals surface area contributed by atoms with Gasteiger partial charge in [-0.25, -0.2) is 4.98 Å². The fourth-order valence-electron chi connectivity index (χ4n) is 1.73. The van der Waals surface area contributed by atoms with Gasteiger partial charge in [0, 0.05) is 17.0 Å². The van der Waals surface area contributed by atoms with Crippen molar-refractivity contribution >= 4 is 27.3 Å². The van der Waals surface area contributed by atoms with E-state index in [4.69, 9.17) is 0 Å². The van der Waals surface area contributed by atoms with Crippen molar-refractivity contribution in [1.82, 2.24) is 20.1 Å². The first kappa shape index (κ1) is 12.7. The molecule has 0 aromatic carbocycles. The number of rotatable bonds is 5. The number of hydrogen-bond acceptors (Lipinski definition) is 4. The molecule has 1 N–H and O–H groups in total. The lowest BCUT2D eigenvalue weighted by Crippen LogP contribution is -2.32. The Kier molecular flexibility index (Phi) is 4.31. The standard InChI is InChI=1S/C11H15BrN4S/c1-8(5-16-7-13-6-14-16)15-9(2)10-3-4-11(12)17-10/h3-4,6-9,15H,5H2,1-2H3/t8-,9-/m0/s1. The van der Waals surface area contributed by atoms with E-state index < -0.39 is 0 Å². The van der Waals surface area contributed by atoms with Crippen LogP contribution in [0.5, 0.6) is 0 Å². The SMILES string of the molecule is C[C@H](N[C@@H](C)Cn1cncn1)c1ccc(Br)s1. The molecule has 0 spiro atoms. The Morgan fingerprint density at radius 2 is 2.29 bits per heavy atom. The van der Waals surface area contributed by atoms with Gasteiger partial charge in [0.25, 0.3) is 0 Å². The van der Waals surface area contributed by atoms with E-state index in [1.807, 2.05) is 4.68 Å². The smallest absolute Gasteiger partial charge is 0.137 e. The van der Waals surface area contributed by atoms with Gasteiger partial charge in [0.1, 0.15) is 12.7 Å². The third kappa shape index (κ3) is 3.62. The van der Waals surface area contributed by atoms with Crippen LogP contribution in [-0.4, -0.2) is 20.8 Å². The Morgan fingerprint density at radius 3 is 2.88 bits per heavy atom. The van der Waals surface area contributed by atoms with Crippen LogP contribution in [0.3, 0.4) is 0 Å². The second kappa shape index (κ2) is 5.75. The van der Waals surface area contributed by atoms with E-state index >= 15 is 0 Å². The highest BCUT2D eigenvalue weighted by molar-refractivity contribution is 9.11. The summed E-state index contributed by atoms with van der Waals surface area (Å²) in [6.07, 6.45) is 3.30. The zero-order valence-electron chi connectivity index (χ0n) is 9.80. The molecule has 0 aliphatic carbocycles. The topological polar surface area (TPSA) is 42.7 Å². The van der Waals surface area contributed by atoms with Crippen molar-refractivity contribution in [2.24, 2.45) is 0 Å². The molecule has 2 rings (SSSR count). The van der Waals surface area contributed by atoms with Gasteiger partial charge >= 0.3 is 0 Å². The molecule has 2 atom stereocenters. The molecule has 0 aliphatic rings. The quantitative estimate of drug-likeness (QED) is 0.922. The van der Waals surface area contributed by atoms with Crippen molar-refractivity contribution in [3.8, 4) is 0 Å². The van der Waals surface area contributed by atoms with Crippen LogP contribution in [0, 0.1) is 0 Å². The summed E-state index contributed by atoms with van der Waals surface area (Å²) < 4.78 is 3.01. The molecule has 2 aromatic heterocycles. The van der Waals surface area contributed by atoms with Crippen molar-refractivity contribution in [3.05, 3.63) is 33.5 Å². The van der Waals surface area contributed by atoms with Gasteiger partial charge in [0.2, 0.25) is 0 Å². The monoisotopic (exact) mass is 314 g/mol. The summed E-state index contributed by atoms with van der Waals surface area (Å²) in [5.41, 5.74) is 0. The molecule has 0 radical (unpaired) electrons. The Morgan fingerprint density at radius 1 is 1.47 bits per heavy atom. The first-order chi connectivity index (χ1) is 8.15. The van der Waals surface area contributed by atoms with Crippen LogP contribution < -0.4 is 5.32 Å². The molecule has 0 saturated carbocycles. The van der Waals surface area contributed by atoms with Gasteiger partial charge < -0.3 is 5.32 Å². The first-order valence-corrected chi connectivity index (χ1v) is 7.10. The highest BCUT2D eigenvalue weighted by atomic mass is 79.9. The maximum absolute atomic E-state index is 4.10. The average molecular weight is 315 g/mol. The highest BCUT2D eigenvalue weighted by Crippen LogP contribution is 2.27.